The van der Waals surface area contributed by atoms with Gasteiger partial charge in [0.25, 0.3) is 5.91 Å². The number of hydrogen-bond acceptors (Lipinski definition) is 3. The van der Waals surface area contributed by atoms with Crippen molar-refractivity contribution in [3.63, 3.8) is 0 Å². The van der Waals surface area contributed by atoms with Crippen LogP contribution in [-0.2, 0) is 0 Å². The number of amides is 1. The fourth-order valence-corrected chi connectivity index (χ4v) is 2.10. The van der Waals surface area contributed by atoms with E-state index < -0.39 is 0 Å². The van der Waals surface area contributed by atoms with Crippen molar-refractivity contribution in [1.82, 2.24) is 10.3 Å². The van der Waals surface area contributed by atoms with Gasteiger partial charge in [-0.3, -0.25) is 4.79 Å². The predicted octanol–water partition coefficient (Wildman–Crippen LogP) is 1.70. The number of nitrogens with two attached hydrogens (primary N) is 1. The summed E-state index contributed by atoms with van der Waals surface area (Å²) in [5, 5.41) is 3.06. The van der Waals surface area contributed by atoms with Gasteiger partial charge in [-0.15, -0.1) is 0 Å². The maximum absolute atomic E-state index is 12.1. The second-order valence-electron chi connectivity index (χ2n) is 5.20. The Bertz CT molecular complexity index is 509. The van der Waals surface area contributed by atoms with E-state index in [1.165, 1.54) is 12.8 Å². The van der Waals surface area contributed by atoms with Crippen molar-refractivity contribution in [2.45, 2.75) is 38.6 Å². The van der Waals surface area contributed by atoms with E-state index in [9.17, 15) is 4.79 Å². The third kappa shape index (κ3) is 4.36. The molecular weight excluding hydrogens is 250 g/mol. The molecule has 1 aromatic rings. The van der Waals surface area contributed by atoms with Crippen molar-refractivity contribution < 1.29 is 4.79 Å². The summed E-state index contributed by atoms with van der Waals surface area (Å²) in [6, 6.07) is 3.76. The lowest BCUT2D eigenvalue weighted by Crippen LogP contribution is -2.35. The molecule has 1 aromatic heterocycles. The van der Waals surface area contributed by atoms with Crippen molar-refractivity contribution in [3.05, 3.63) is 29.6 Å². The van der Waals surface area contributed by atoms with E-state index in [-0.39, 0.29) is 11.9 Å². The molecule has 1 saturated carbocycles. The minimum absolute atomic E-state index is 0.101. The van der Waals surface area contributed by atoms with Gasteiger partial charge in [-0.1, -0.05) is 31.6 Å². The van der Waals surface area contributed by atoms with Crippen LogP contribution in [-0.4, -0.2) is 23.5 Å². The van der Waals surface area contributed by atoms with Gasteiger partial charge in [0.15, 0.2) is 0 Å². The number of aromatic nitrogens is 1. The van der Waals surface area contributed by atoms with Gasteiger partial charge in [0, 0.05) is 17.8 Å². The number of carbonyl (C=O) groups is 1. The highest BCUT2D eigenvalue weighted by Crippen LogP contribution is 2.34. The van der Waals surface area contributed by atoms with E-state index in [4.69, 9.17) is 5.73 Å². The van der Waals surface area contributed by atoms with E-state index in [0.717, 1.165) is 24.3 Å². The van der Waals surface area contributed by atoms with Crippen molar-refractivity contribution in [3.8, 4) is 11.8 Å². The molecule has 2 rings (SSSR count). The van der Waals surface area contributed by atoms with Gasteiger partial charge in [-0.25, -0.2) is 4.98 Å². The first-order valence-electron chi connectivity index (χ1n) is 7.18. The number of pyridine rings is 1. The molecule has 106 valence electrons. The second-order valence-corrected chi connectivity index (χ2v) is 5.20. The summed E-state index contributed by atoms with van der Waals surface area (Å²) in [5.41, 5.74) is 6.53. The third-order valence-corrected chi connectivity index (χ3v) is 3.47. The van der Waals surface area contributed by atoms with E-state index in [1.807, 2.05) is 0 Å². The molecule has 0 bridgehead atoms. The highest BCUT2D eigenvalue weighted by molar-refractivity contribution is 5.92. The fourth-order valence-electron chi connectivity index (χ4n) is 2.10. The van der Waals surface area contributed by atoms with Crippen LogP contribution in [0.15, 0.2) is 18.3 Å². The van der Waals surface area contributed by atoms with Crippen molar-refractivity contribution >= 4 is 5.91 Å². The van der Waals surface area contributed by atoms with Crippen LogP contribution in [0.3, 0.4) is 0 Å². The molecule has 1 aliphatic carbocycles. The third-order valence-electron chi connectivity index (χ3n) is 3.47. The first-order valence-corrected chi connectivity index (χ1v) is 7.18. The summed E-state index contributed by atoms with van der Waals surface area (Å²) in [7, 11) is 0. The zero-order valence-corrected chi connectivity index (χ0v) is 11.9. The molecule has 4 heteroatoms. The Kier molecular flexibility index (Phi) is 5.14. The topological polar surface area (TPSA) is 68.0 Å². The smallest absolute Gasteiger partial charge is 0.270 e. The number of nitrogens with one attached hydrogen (secondary N) is 1. The van der Waals surface area contributed by atoms with E-state index in [1.54, 1.807) is 18.3 Å². The van der Waals surface area contributed by atoms with Crippen molar-refractivity contribution in [1.29, 1.82) is 0 Å². The van der Waals surface area contributed by atoms with Gasteiger partial charge < -0.3 is 11.1 Å². The van der Waals surface area contributed by atoms with Crippen molar-refractivity contribution in [2.75, 3.05) is 6.54 Å². The fraction of sp³-hybridized carbons (Fsp3) is 0.500. The summed E-state index contributed by atoms with van der Waals surface area (Å²) >= 11 is 0. The molecule has 1 amide bonds. The Labute approximate surface area is 120 Å². The summed E-state index contributed by atoms with van der Waals surface area (Å²) in [5.74, 6) is 6.35. The molecule has 1 atom stereocenters. The largest absolute Gasteiger partial charge is 0.348 e. The van der Waals surface area contributed by atoms with Gasteiger partial charge in [-0.05, 0) is 30.9 Å². The molecule has 0 aromatic carbocycles. The minimum atomic E-state index is -0.101. The Balaban J connectivity index is 1.93. The molecule has 1 fully saturated rings. The van der Waals surface area contributed by atoms with Crippen LogP contribution in [0.25, 0.3) is 0 Å². The minimum Gasteiger partial charge on any atom is -0.348 e. The van der Waals surface area contributed by atoms with Crippen LogP contribution in [0.1, 0.15) is 48.7 Å². The second kappa shape index (κ2) is 7.06. The zero-order valence-electron chi connectivity index (χ0n) is 11.9. The Hall–Kier alpha value is -1.86. The lowest BCUT2D eigenvalue weighted by atomic mass is 10.1. The molecular formula is C16H21N3O. The van der Waals surface area contributed by atoms with Gasteiger partial charge >= 0.3 is 0 Å². The normalized spacial score (nSPS) is 15.1. The Morgan fingerprint density at radius 2 is 2.35 bits per heavy atom. The van der Waals surface area contributed by atoms with Gasteiger partial charge in [-0.2, -0.15) is 0 Å². The van der Waals surface area contributed by atoms with E-state index in [2.05, 4.69) is 29.1 Å². The van der Waals surface area contributed by atoms with Crippen LogP contribution >= 0.6 is 0 Å². The van der Waals surface area contributed by atoms with Gasteiger partial charge in [0.05, 0.1) is 6.54 Å². The van der Waals surface area contributed by atoms with E-state index >= 15 is 0 Å². The molecule has 20 heavy (non-hydrogen) atoms. The lowest BCUT2D eigenvalue weighted by Gasteiger charge is -2.16. The van der Waals surface area contributed by atoms with Crippen LogP contribution < -0.4 is 11.1 Å². The summed E-state index contributed by atoms with van der Waals surface area (Å²) in [6.07, 6.45) is 6.27. The summed E-state index contributed by atoms with van der Waals surface area (Å²) < 4.78 is 0. The summed E-state index contributed by atoms with van der Waals surface area (Å²) in [6.45, 7) is 2.42. The highest BCUT2D eigenvalue weighted by atomic mass is 16.1. The number of rotatable bonds is 5. The van der Waals surface area contributed by atoms with Gasteiger partial charge in [0.1, 0.15) is 5.69 Å². The first kappa shape index (κ1) is 14.5. The van der Waals surface area contributed by atoms with Crippen LogP contribution in [0.5, 0.6) is 0 Å². The maximum atomic E-state index is 12.1. The van der Waals surface area contributed by atoms with Crippen LogP contribution in [0.2, 0.25) is 0 Å². The van der Waals surface area contributed by atoms with E-state index in [0.29, 0.717) is 12.2 Å². The molecule has 0 aliphatic heterocycles. The number of carbonyl (C=O) groups excluding carboxylic acids is 1. The monoisotopic (exact) mass is 271 g/mol. The molecule has 1 aliphatic rings. The quantitative estimate of drug-likeness (QED) is 0.801. The molecule has 0 radical (unpaired) electrons. The highest BCUT2D eigenvalue weighted by Gasteiger charge is 2.25. The molecule has 0 saturated heterocycles. The summed E-state index contributed by atoms with van der Waals surface area (Å²) in [4.78, 5) is 16.3. The molecule has 0 spiro atoms. The zero-order chi connectivity index (χ0) is 14.4. The maximum Gasteiger partial charge on any atom is 0.270 e. The molecule has 1 unspecified atom stereocenters. The average molecular weight is 271 g/mol. The molecule has 3 N–H and O–H groups in total. The number of hydrogen-bond donors (Lipinski definition) is 2. The van der Waals surface area contributed by atoms with Crippen LogP contribution in [0.4, 0.5) is 0 Å². The first-order chi connectivity index (χ1) is 9.72. The SMILES string of the molecule is CCC(CC1CC1)NC(=O)c1ccc(C#CCN)cn1. The van der Waals surface area contributed by atoms with Crippen molar-refractivity contribution in [2.24, 2.45) is 11.7 Å². The molecule has 4 nitrogen and oxygen atoms in total. The predicted molar refractivity (Wildman–Crippen MR) is 79.1 cm³/mol. The standard InChI is InChI=1S/C16H21N3O/c1-2-14(10-12-5-6-12)19-16(20)15-8-7-13(11-18-15)4-3-9-17/h7-8,11-12,14H,2,5-6,9-10,17H2,1H3,(H,19,20). The molecule has 1 heterocycles. The van der Waals surface area contributed by atoms with Crippen LogP contribution in [0, 0.1) is 17.8 Å². The van der Waals surface area contributed by atoms with Gasteiger partial charge in [0.2, 0.25) is 0 Å². The average Bonchev–Trinajstić information content (AvgIpc) is 3.28. The Morgan fingerprint density at radius 1 is 1.55 bits per heavy atom. The Morgan fingerprint density at radius 3 is 2.90 bits per heavy atom. The number of nitrogens with zero attached hydrogens (tertiary/aromatic N) is 1. The lowest BCUT2D eigenvalue weighted by molar-refractivity contribution is 0.0927.